The normalized spacial score (nSPS) is 10.3. The summed E-state index contributed by atoms with van der Waals surface area (Å²) < 4.78 is 9.77. The van der Waals surface area contributed by atoms with E-state index in [1.54, 1.807) is 22.9 Å². The van der Waals surface area contributed by atoms with E-state index in [0.717, 1.165) is 3.43 Å². The Morgan fingerprint density at radius 2 is 0.771 bits per heavy atom. The van der Waals surface area contributed by atoms with Crippen LogP contribution < -0.4 is 3.43 Å². The van der Waals surface area contributed by atoms with Crippen LogP contribution in [0.1, 0.15) is 0 Å². The Bertz CT molecular complexity index is 536. The standard InChI is InChI=1S/B33HIN/c1-18(2)26(17)30(25(15)16)32(29(23(11)12)24(13)14)33(35-34)31(27(19(3)4)20(5)6)28(21(7)8)22(9)10/h35H/q-3/i/hT. The summed E-state index contributed by atoms with van der Waals surface area (Å²) in [7, 11) is 104. The first-order valence-electron chi connectivity index (χ1n) is 11.5. The predicted molar refractivity (Wildman–Crippen MR) is 207 cm³/mol. The van der Waals surface area contributed by atoms with Crippen molar-refractivity contribution in [3.63, 3.8) is 0 Å². The minimum atomic E-state index is -1.16. The summed E-state index contributed by atoms with van der Waals surface area (Å²) in [6, 6.07) is 0. The molecule has 115 valence electrons. The molecular formula is HB33IN-3. The molecule has 0 saturated carbocycles. The third-order valence-electron chi connectivity index (χ3n) is 6.68. The van der Waals surface area contributed by atoms with Gasteiger partial charge in [-0.1, -0.05) is 6.39 Å². The lowest BCUT2D eigenvalue weighted by Gasteiger charge is -2.54. The molecular weight excluding hydrogens is 498 g/mol. The number of halogens is 1. The Labute approximate surface area is 259 Å². The fourth-order valence-corrected chi connectivity index (χ4v) is 5.89. The Hall–Kier alpha value is 2.83. The molecule has 1 N–H and O–H groups in total. The zero-order chi connectivity index (χ0) is 28.8. The minimum absolute atomic E-state index is 0.963. The first kappa shape index (κ1) is 35.9. The van der Waals surface area contributed by atoms with E-state index in [1.807, 2.05) is 0 Å². The first-order chi connectivity index (χ1) is 16.3. The topological polar surface area (TPSA) is 12.0 Å². The van der Waals surface area contributed by atoms with E-state index in [1.165, 1.54) is 0 Å². The van der Waals surface area contributed by atoms with Crippen LogP contribution in [-0.2, 0) is 0 Å². The highest BCUT2D eigenvalue weighted by Gasteiger charge is 2.53. The number of nitrogens with one attached hydrogen (secondary N) is 1. The van der Waals surface area contributed by atoms with Gasteiger partial charge < -0.3 is 33.0 Å². The van der Waals surface area contributed by atoms with Crippen molar-refractivity contribution in [1.29, 1.82) is 0 Å². The van der Waals surface area contributed by atoms with Crippen molar-refractivity contribution in [3.8, 4) is 0 Å². The third kappa shape index (κ3) is 10.6. The Morgan fingerprint density at radius 3 is 0.971 bits per heavy atom. The zero-order valence-electron chi connectivity index (χ0n) is 20.9. The molecule has 0 heterocycles. The van der Waals surface area contributed by atoms with Gasteiger partial charge in [-0.2, -0.15) is 0 Å². The van der Waals surface area contributed by atoms with Crippen molar-refractivity contribution in [3.05, 3.63) is 0 Å². The summed E-state index contributed by atoms with van der Waals surface area (Å²) in [6.45, 7) is -1.08. The summed E-state index contributed by atoms with van der Waals surface area (Å²) in [4.78, 5) is 0. The van der Waals surface area contributed by atoms with Crippen LogP contribution in [0.3, 0.4) is 0 Å². The largest absolute Gasteiger partial charge is 0.729 e. The fraction of sp³-hybridized carbons (Fsp3) is 0. The minimum Gasteiger partial charge on any atom is -0.729 e. The maximum absolute atomic E-state index is 8.75. The van der Waals surface area contributed by atoms with Crippen molar-refractivity contribution >= 4 is 257 Å². The molecule has 0 aliphatic carbocycles. The van der Waals surface area contributed by atoms with Gasteiger partial charge >= 0.3 is 0 Å². The molecule has 0 spiro atoms. The van der Waals surface area contributed by atoms with Gasteiger partial charge in [-0.05, 0) is 72.0 Å². The van der Waals surface area contributed by atoms with Crippen LogP contribution in [0.25, 0.3) is 0 Å². The molecule has 0 aromatic heterocycles. The van der Waals surface area contributed by atoms with Gasteiger partial charge in [0.05, 0.1) is 0 Å². The average Bonchev–Trinajstić information content (AvgIpc) is 2.65. The first-order valence-corrected chi connectivity index (χ1v) is 12.1. The molecule has 0 aromatic rings. The second kappa shape index (κ2) is 17.6. The molecule has 0 rings (SSSR count). The van der Waals surface area contributed by atoms with Gasteiger partial charge in [-0.25, -0.2) is 6.39 Å². The van der Waals surface area contributed by atoms with E-state index < -0.39 is 102 Å². The van der Waals surface area contributed by atoms with Crippen molar-refractivity contribution in [2.24, 2.45) is 0 Å². The van der Waals surface area contributed by atoms with Gasteiger partial charge in [-0.15, -0.1) is 0 Å². The maximum Gasteiger partial charge on any atom is 0.129 e. The lowest BCUT2D eigenvalue weighted by atomic mass is 8.34. The summed E-state index contributed by atoms with van der Waals surface area (Å²) in [5.74, 6) is 0. The molecule has 0 atom stereocenters. The molecule has 0 fully saturated rings. The van der Waals surface area contributed by atoms with Crippen LogP contribution in [0.4, 0.5) is 0 Å². The van der Waals surface area contributed by atoms with Crippen molar-refractivity contribution < 1.29 is 1.41 Å². The van der Waals surface area contributed by atoms with Gasteiger partial charge in [0.15, 0.2) is 0 Å². The van der Waals surface area contributed by atoms with Crippen molar-refractivity contribution in [2.45, 2.75) is 0 Å². The fourth-order valence-electron chi connectivity index (χ4n) is 5.15. The molecule has 0 aliphatic heterocycles. The van der Waals surface area contributed by atoms with Gasteiger partial charge in [-0.3, -0.25) is 0 Å². The predicted octanol–water partition coefficient (Wildman–Crippen LogP) is -12.2. The van der Waals surface area contributed by atoms with E-state index in [0.29, 0.717) is 0 Å². The smallest absolute Gasteiger partial charge is 0.129 e. The van der Waals surface area contributed by atoms with Crippen LogP contribution >= 0.6 is 22.9 Å². The quantitative estimate of drug-likeness (QED) is 0.126. The van der Waals surface area contributed by atoms with Gasteiger partial charge in [0, 0.05) is 136 Å². The van der Waals surface area contributed by atoms with Crippen LogP contribution in [-0.4, -0.2) is 234 Å². The van der Waals surface area contributed by atoms with E-state index in [9.17, 15) is 0 Å². The Morgan fingerprint density at radius 1 is 0.486 bits per heavy atom. The van der Waals surface area contributed by atoms with Crippen LogP contribution in [0.5, 0.6) is 0 Å². The molecule has 37 radical (unpaired) electrons. The molecule has 1 nitrogen and oxygen atoms in total. The van der Waals surface area contributed by atoms with Gasteiger partial charge in [0.1, 0.15) is 8.04 Å². The molecule has 0 bridgehead atoms. The summed E-state index contributed by atoms with van der Waals surface area (Å²) in [6.07, 6.45) is -16.0. The highest BCUT2D eigenvalue weighted by atomic mass is 127. The zero-order valence-corrected chi connectivity index (χ0v) is 22.0. The lowest BCUT2D eigenvalue weighted by molar-refractivity contribution is 1.79. The molecule has 0 aromatic carbocycles. The van der Waals surface area contributed by atoms with E-state index in [-0.39, 0.29) is 0 Å². The third-order valence-corrected chi connectivity index (χ3v) is 7.32. The summed E-state index contributed by atoms with van der Waals surface area (Å²) >= 11 is 1.70. The SMILES string of the molecule is [3H]N(I)B(B(B(B([B])[B])B([B])[B])B(B([B])[B])B([B])[B-])B(B(B([B])[B])B([B])[B])B(B([B])[B])B([B])B([B-])[B-]. The number of hydrogen-bond donors (Lipinski definition) is 1. The second-order valence-electron chi connectivity index (χ2n) is 9.25. The highest BCUT2D eigenvalue weighted by molar-refractivity contribution is 14.1. The van der Waals surface area contributed by atoms with Crippen molar-refractivity contribution in [1.82, 2.24) is 3.43 Å². The number of hydrogen-bond acceptors (Lipinski definition) is 1. The summed E-state index contributed by atoms with van der Waals surface area (Å²) in [5, 5.41) is 0. The summed E-state index contributed by atoms with van der Waals surface area (Å²) in [5.41, 5.74) is 0. The van der Waals surface area contributed by atoms with E-state index in [2.05, 4.69) is 0 Å². The molecule has 0 amide bonds. The van der Waals surface area contributed by atoms with Crippen molar-refractivity contribution in [2.75, 3.05) is 0 Å². The van der Waals surface area contributed by atoms with Gasteiger partial charge in [0.2, 0.25) is 0 Å². The Kier molecular flexibility index (Phi) is 18.0. The second-order valence-corrected chi connectivity index (χ2v) is 9.81. The molecule has 0 unspecified atom stereocenters. The van der Waals surface area contributed by atoms with Gasteiger partial charge in [0.25, 0.3) is 0 Å². The monoisotopic (exact) mass is 507 g/mol. The number of rotatable bonds is 16. The van der Waals surface area contributed by atoms with Crippen LogP contribution in [0, 0.1) is 0 Å². The van der Waals surface area contributed by atoms with E-state index in [4.69, 9.17) is 133 Å². The molecule has 35 heteroatoms. The average molecular weight is 501 g/mol. The van der Waals surface area contributed by atoms with Crippen LogP contribution in [0.15, 0.2) is 0 Å². The Balaban J connectivity index is 7.66. The highest BCUT2D eigenvalue weighted by Crippen LogP contribution is 2.15. The maximum atomic E-state index is 8.75. The van der Waals surface area contributed by atoms with E-state index >= 15 is 0 Å². The molecule has 0 aliphatic rings. The lowest BCUT2D eigenvalue weighted by Crippen LogP contribution is -2.89. The van der Waals surface area contributed by atoms with Crippen LogP contribution in [0.2, 0.25) is 1.41 Å². The molecule has 35 heavy (non-hydrogen) atoms. The molecule has 0 saturated heterocycles.